The van der Waals surface area contributed by atoms with Crippen molar-refractivity contribution in [1.29, 1.82) is 0 Å². The molecule has 1 rings (SSSR count). The number of ether oxygens (including phenoxy) is 2. The number of esters is 2. The zero-order valence-corrected chi connectivity index (χ0v) is 17.6. The molecule has 0 spiro atoms. The molecule has 2 atom stereocenters. The van der Waals surface area contributed by atoms with E-state index in [1.165, 1.54) is 14.0 Å². The maximum absolute atomic E-state index is 12.5. The van der Waals surface area contributed by atoms with E-state index in [0.717, 1.165) is 0 Å². The molecule has 158 valence electrons. The van der Waals surface area contributed by atoms with Gasteiger partial charge in [0.25, 0.3) is 0 Å². The van der Waals surface area contributed by atoms with Crippen LogP contribution >= 0.6 is 8.17 Å². The van der Waals surface area contributed by atoms with Gasteiger partial charge >= 0.3 is 159 Å². The maximum atomic E-state index is 12.5. The Balaban J connectivity index is 2.71. The van der Waals surface area contributed by atoms with Gasteiger partial charge in [-0.1, -0.05) is 0 Å². The molecule has 11 heteroatoms. The van der Waals surface area contributed by atoms with Crippen molar-refractivity contribution in [2.24, 2.45) is 11.3 Å². The van der Waals surface area contributed by atoms with Crippen LogP contribution in [0.25, 0.3) is 0 Å². The molecule has 0 aliphatic carbocycles. The molecule has 1 unspecified atom stereocenters. The fourth-order valence-electron chi connectivity index (χ4n) is 2.18. The molecule has 0 aromatic carbocycles. The summed E-state index contributed by atoms with van der Waals surface area (Å²) in [6.07, 6.45) is -2.18. The van der Waals surface area contributed by atoms with Gasteiger partial charge < -0.3 is 0 Å². The average molecular weight is 411 g/mol. The van der Waals surface area contributed by atoms with Crippen molar-refractivity contribution in [3.8, 4) is 0 Å². The normalized spacial score (nSPS) is 23.2. The summed E-state index contributed by atoms with van der Waals surface area (Å²) < 4.78 is 25.6. The number of nitrogens with one attached hydrogen (secondary N) is 1. The third-order valence-electron chi connectivity index (χ3n) is 3.77. The molecule has 1 heterocycles. The fraction of sp³-hybridized carbons (Fsp3) is 0.812. The van der Waals surface area contributed by atoms with Crippen molar-refractivity contribution in [2.45, 2.75) is 53.4 Å². The number of carbonyl (C=O) groups is 3. The summed E-state index contributed by atoms with van der Waals surface area (Å²) >= 11 is 0. The fourth-order valence-corrected chi connectivity index (χ4v) is 4.12. The first-order valence-electron chi connectivity index (χ1n) is 8.67. The minimum absolute atomic E-state index is 0.00431. The molecule has 0 aromatic heterocycles. The van der Waals surface area contributed by atoms with E-state index < -0.39 is 43.8 Å². The van der Waals surface area contributed by atoms with Crippen molar-refractivity contribution in [2.75, 3.05) is 20.3 Å². The molecule has 10 nitrogen and oxygen atoms in total. The standard InChI is InChI=1S/C16H30NO9P/c1-10(2)15(20)24-11(3)25-27(21)23-9-16(4,5)13(26-27)14(19)17-8-7-12(18)22-6/h10-11,13,21,27H,7-9H2,1-6H3,(H,17,19)/t11?,13-/m0/s1. The molecule has 0 radical (unpaired) electrons. The summed E-state index contributed by atoms with van der Waals surface area (Å²) in [5.74, 6) is -1.85. The van der Waals surface area contributed by atoms with Crippen molar-refractivity contribution in [3.05, 3.63) is 0 Å². The Bertz CT molecular complexity index is 554. The van der Waals surface area contributed by atoms with Gasteiger partial charge in [-0.05, 0) is 0 Å². The van der Waals surface area contributed by atoms with Gasteiger partial charge in [0.15, 0.2) is 0 Å². The van der Waals surface area contributed by atoms with E-state index >= 15 is 0 Å². The quantitative estimate of drug-likeness (QED) is 0.342. The van der Waals surface area contributed by atoms with E-state index in [1.807, 2.05) is 0 Å². The predicted octanol–water partition coefficient (Wildman–Crippen LogP) is 1.07. The summed E-state index contributed by atoms with van der Waals surface area (Å²) in [5.41, 5.74) is -0.754. The first kappa shape index (κ1) is 23.7. The summed E-state index contributed by atoms with van der Waals surface area (Å²) in [7, 11) is -2.96. The van der Waals surface area contributed by atoms with Crippen molar-refractivity contribution >= 4 is 26.0 Å². The van der Waals surface area contributed by atoms with Crippen LogP contribution in [0.5, 0.6) is 0 Å². The van der Waals surface area contributed by atoms with Gasteiger partial charge in [0.2, 0.25) is 0 Å². The zero-order chi connectivity index (χ0) is 20.8. The number of hydrogen-bond acceptors (Lipinski definition) is 9. The van der Waals surface area contributed by atoms with Crippen LogP contribution < -0.4 is 5.32 Å². The summed E-state index contributed by atoms with van der Waals surface area (Å²) in [6.45, 7) is 8.25. The van der Waals surface area contributed by atoms with Crippen LogP contribution in [0.2, 0.25) is 0 Å². The molecule has 0 bridgehead atoms. The van der Waals surface area contributed by atoms with Gasteiger partial charge in [0.1, 0.15) is 0 Å². The predicted molar refractivity (Wildman–Crippen MR) is 96.3 cm³/mol. The third kappa shape index (κ3) is 7.31. The second kappa shape index (κ2) is 9.75. The topological polar surface area (TPSA) is 130 Å². The molecule has 1 aliphatic heterocycles. The summed E-state index contributed by atoms with van der Waals surface area (Å²) in [5, 5.41) is 2.56. The Kier molecular flexibility index (Phi) is 8.56. The van der Waals surface area contributed by atoms with Crippen molar-refractivity contribution in [3.63, 3.8) is 0 Å². The van der Waals surface area contributed by atoms with Crippen LogP contribution in [-0.4, -0.2) is 55.4 Å². The molecule has 1 fully saturated rings. The van der Waals surface area contributed by atoms with Gasteiger partial charge in [0.05, 0.1) is 0 Å². The van der Waals surface area contributed by atoms with E-state index in [1.54, 1.807) is 27.7 Å². The minimum atomic E-state index is -4.21. The van der Waals surface area contributed by atoms with Crippen LogP contribution in [0.1, 0.15) is 41.0 Å². The Morgan fingerprint density at radius 1 is 1.30 bits per heavy atom. The van der Waals surface area contributed by atoms with Crippen LogP contribution in [0, 0.1) is 11.3 Å². The van der Waals surface area contributed by atoms with Gasteiger partial charge in [-0.2, -0.15) is 0 Å². The van der Waals surface area contributed by atoms with Crippen LogP contribution in [0.3, 0.4) is 0 Å². The Morgan fingerprint density at radius 2 is 1.93 bits per heavy atom. The summed E-state index contributed by atoms with van der Waals surface area (Å²) in [6, 6.07) is 0. The number of hydrogen-bond donors (Lipinski definition) is 2. The molecule has 1 amide bonds. The monoisotopic (exact) mass is 411 g/mol. The number of methoxy groups -OCH3 is 1. The molecule has 0 aromatic rings. The Hall–Kier alpha value is -1.32. The van der Waals surface area contributed by atoms with Crippen LogP contribution in [0.4, 0.5) is 0 Å². The van der Waals surface area contributed by atoms with E-state index in [0.29, 0.717) is 0 Å². The second-order valence-electron chi connectivity index (χ2n) is 7.19. The molecule has 0 saturated carbocycles. The van der Waals surface area contributed by atoms with Crippen LogP contribution in [-0.2, 0) is 37.4 Å². The number of carbonyl (C=O) groups excluding carboxylic acids is 3. The Labute approximate surface area is 159 Å². The summed E-state index contributed by atoms with van der Waals surface area (Å²) in [4.78, 5) is 45.7. The first-order valence-corrected chi connectivity index (χ1v) is 10.3. The SMILES string of the molecule is COC(=O)CCNC(=O)[C@@H]1O[PH](O)(OC(C)OC(=O)C(C)C)OCC1(C)C. The molecule has 27 heavy (non-hydrogen) atoms. The van der Waals surface area contributed by atoms with Gasteiger partial charge in [0, 0.05) is 0 Å². The van der Waals surface area contributed by atoms with Gasteiger partial charge in [-0.25, -0.2) is 0 Å². The zero-order valence-electron chi connectivity index (χ0n) is 16.6. The molecular formula is C16H30NO9P. The molecular weight excluding hydrogens is 381 g/mol. The second-order valence-corrected chi connectivity index (χ2v) is 9.00. The first-order chi connectivity index (χ1) is 12.4. The van der Waals surface area contributed by atoms with E-state index in [2.05, 4.69) is 10.1 Å². The van der Waals surface area contributed by atoms with E-state index in [4.69, 9.17) is 18.3 Å². The number of amides is 1. The van der Waals surface area contributed by atoms with Crippen LogP contribution in [0.15, 0.2) is 0 Å². The van der Waals surface area contributed by atoms with Crippen molar-refractivity contribution in [1.82, 2.24) is 5.32 Å². The molecule has 2 N–H and O–H groups in total. The van der Waals surface area contributed by atoms with Crippen molar-refractivity contribution < 1.29 is 42.3 Å². The average Bonchev–Trinajstić information content (AvgIpc) is 2.56. The van der Waals surface area contributed by atoms with E-state index in [-0.39, 0.29) is 25.5 Å². The van der Waals surface area contributed by atoms with E-state index in [9.17, 15) is 19.3 Å². The Morgan fingerprint density at radius 3 is 2.48 bits per heavy atom. The molecule has 1 saturated heterocycles. The third-order valence-corrected chi connectivity index (χ3v) is 5.44. The number of rotatable bonds is 8. The molecule has 1 aliphatic rings. The van der Waals surface area contributed by atoms with Gasteiger partial charge in [-0.15, -0.1) is 0 Å². The van der Waals surface area contributed by atoms with Gasteiger partial charge in [-0.3, -0.25) is 0 Å².